The minimum Gasteiger partial charge on any atom is -0.508 e. The van der Waals surface area contributed by atoms with Crippen molar-refractivity contribution in [3.05, 3.63) is 47.2 Å². The highest BCUT2D eigenvalue weighted by molar-refractivity contribution is 6.03. The van der Waals surface area contributed by atoms with E-state index in [1.165, 1.54) is 24.3 Å². The summed E-state index contributed by atoms with van der Waals surface area (Å²) in [6, 6.07) is 5.80. The van der Waals surface area contributed by atoms with Crippen molar-refractivity contribution in [2.45, 2.75) is 56.5 Å². The van der Waals surface area contributed by atoms with Crippen molar-refractivity contribution in [1.29, 1.82) is 0 Å². The van der Waals surface area contributed by atoms with Gasteiger partial charge in [-0.25, -0.2) is 13.8 Å². The van der Waals surface area contributed by atoms with Crippen molar-refractivity contribution in [3.8, 4) is 35.4 Å². The SMILES string of the molecule is C#Cc1c(F)ccc2cc(O)cc(-c3nc4c5c(nc(OCC67CCCN6CCC7)nc5c3F)N3CCCOC[C@H]3CC4)c12. The Bertz CT molecular complexity index is 1850. The summed E-state index contributed by atoms with van der Waals surface area (Å²) in [5.41, 5.74) is 0.847. The molecule has 0 aliphatic carbocycles. The number of fused-ring (bicyclic) bond motifs is 4. The van der Waals surface area contributed by atoms with E-state index in [0.29, 0.717) is 60.5 Å². The van der Waals surface area contributed by atoms with E-state index < -0.39 is 11.6 Å². The predicted octanol–water partition coefficient (Wildman–Crippen LogP) is 5.36. The van der Waals surface area contributed by atoms with Crippen LogP contribution in [-0.4, -0.2) is 76.0 Å². The Balaban J connectivity index is 1.34. The van der Waals surface area contributed by atoms with E-state index in [-0.39, 0.29) is 45.7 Å². The Morgan fingerprint density at radius 1 is 1.07 bits per heavy atom. The lowest BCUT2D eigenvalue weighted by atomic mass is 9.95. The molecule has 4 aromatic rings. The van der Waals surface area contributed by atoms with Crippen LogP contribution in [0.2, 0.25) is 0 Å². The molecule has 8 nitrogen and oxygen atoms in total. The van der Waals surface area contributed by atoms with Gasteiger partial charge in [0.25, 0.3) is 0 Å². The molecule has 6 heterocycles. The number of pyridine rings is 1. The topological polar surface area (TPSA) is 83.8 Å². The van der Waals surface area contributed by atoms with Crippen molar-refractivity contribution in [3.63, 3.8) is 0 Å². The van der Waals surface area contributed by atoms with Gasteiger partial charge in [-0.15, -0.1) is 6.42 Å². The van der Waals surface area contributed by atoms with Gasteiger partial charge in [0.05, 0.1) is 34.8 Å². The second-order valence-corrected chi connectivity index (χ2v) is 12.5. The summed E-state index contributed by atoms with van der Waals surface area (Å²) in [6.45, 7) is 4.46. The molecule has 3 saturated heterocycles. The van der Waals surface area contributed by atoms with E-state index in [1.807, 2.05) is 0 Å². The van der Waals surface area contributed by atoms with E-state index in [9.17, 15) is 9.50 Å². The van der Waals surface area contributed by atoms with Gasteiger partial charge < -0.3 is 19.5 Å². The van der Waals surface area contributed by atoms with Gasteiger partial charge in [0.2, 0.25) is 0 Å². The van der Waals surface area contributed by atoms with Crippen molar-refractivity contribution in [2.24, 2.45) is 0 Å². The maximum Gasteiger partial charge on any atom is 0.319 e. The molecule has 0 amide bonds. The molecule has 44 heavy (non-hydrogen) atoms. The third-order valence-electron chi connectivity index (χ3n) is 9.98. The molecule has 2 aromatic carbocycles. The number of terminal acetylenes is 1. The van der Waals surface area contributed by atoms with E-state index in [0.717, 1.165) is 51.6 Å². The molecule has 0 bridgehead atoms. The molecule has 8 rings (SSSR count). The van der Waals surface area contributed by atoms with Crippen LogP contribution in [0, 0.1) is 24.0 Å². The van der Waals surface area contributed by atoms with Crippen LogP contribution in [0.1, 0.15) is 49.8 Å². The highest BCUT2D eigenvalue weighted by Gasteiger charge is 2.45. The fourth-order valence-electron chi connectivity index (χ4n) is 7.90. The second-order valence-electron chi connectivity index (χ2n) is 12.5. The van der Waals surface area contributed by atoms with Gasteiger partial charge in [-0.1, -0.05) is 12.0 Å². The van der Waals surface area contributed by atoms with E-state index in [2.05, 4.69) is 15.7 Å². The van der Waals surface area contributed by atoms with Gasteiger partial charge in [-0.2, -0.15) is 9.97 Å². The lowest BCUT2D eigenvalue weighted by Gasteiger charge is -2.32. The zero-order chi connectivity index (χ0) is 30.0. The summed E-state index contributed by atoms with van der Waals surface area (Å²) in [6.07, 6.45) is 12.2. The molecular weight excluding hydrogens is 564 g/mol. The quantitative estimate of drug-likeness (QED) is 0.315. The van der Waals surface area contributed by atoms with Gasteiger partial charge >= 0.3 is 6.01 Å². The van der Waals surface area contributed by atoms with E-state index >= 15 is 4.39 Å². The smallest absolute Gasteiger partial charge is 0.319 e. The molecule has 0 unspecified atom stereocenters. The number of aryl methyl sites for hydroxylation is 1. The normalized spacial score (nSPS) is 21.1. The average molecular weight is 598 g/mol. The number of halogens is 2. The van der Waals surface area contributed by atoms with Crippen LogP contribution < -0.4 is 9.64 Å². The first-order valence-corrected chi connectivity index (χ1v) is 15.5. The average Bonchev–Trinajstić information content (AvgIpc) is 3.46. The number of phenolic OH excluding ortho intramolecular Hbond substituents is 1. The Morgan fingerprint density at radius 3 is 2.73 bits per heavy atom. The van der Waals surface area contributed by atoms with Crippen LogP contribution in [0.5, 0.6) is 11.8 Å². The number of nitrogens with zero attached hydrogens (tertiary/aromatic N) is 5. The molecule has 1 N–H and O–H groups in total. The summed E-state index contributed by atoms with van der Waals surface area (Å²) in [5, 5.41) is 12.0. The Hall–Kier alpha value is -4.07. The first-order chi connectivity index (χ1) is 21.5. The molecular formula is C34H33F2N5O3. The van der Waals surface area contributed by atoms with Crippen LogP contribution in [0.4, 0.5) is 14.6 Å². The molecule has 4 aliphatic heterocycles. The lowest BCUT2D eigenvalue weighted by Crippen LogP contribution is -2.43. The van der Waals surface area contributed by atoms with Crippen molar-refractivity contribution in [1.82, 2.24) is 19.9 Å². The predicted molar refractivity (Wildman–Crippen MR) is 163 cm³/mol. The number of rotatable bonds is 4. The first kappa shape index (κ1) is 27.5. The summed E-state index contributed by atoms with van der Waals surface area (Å²) >= 11 is 0. The van der Waals surface area contributed by atoms with Crippen LogP contribution in [-0.2, 0) is 11.2 Å². The largest absolute Gasteiger partial charge is 0.508 e. The second kappa shape index (κ2) is 10.5. The van der Waals surface area contributed by atoms with E-state index in [1.54, 1.807) is 0 Å². The highest BCUT2D eigenvalue weighted by Crippen LogP contribution is 2.43. The molecule has 0 radical (unpaired) electrons. The number of hydrogen-bond acceptors (Lipinski definition) is 8. The highest BCUT2D eigenvalue weighted by atomic mass is 19.1. The fraction of sp³-hybridized carbons (Fsp3) is 0.441. The lowest BCUT2D eigenvalue weighted by molar-refractivity contribution is 0.108. The van der Waals surface area contributed by atoms with Crippen molar-refractivity contribution < 1.29 is 23.4 Å². The van der Waals surface area contributed by atoms with Gasteiger partial charge in [0, 0.05) is 24.1 Å². The zero-order valence-corrected chi connectivity index (χ0v) is 24.4. The van der Waals surface area contributed by atoms with Gasteiger partial charge in [-0.05, 0) is 81.6 Å². The first-order valence-electron chi connectivity index (χ1n) is 15.5. The molecule has 0 spiro atoms. The van der Waals surface area contributed by atoms with Crippen molar-refractivity contribution >= 4 is 27.5 Å². The van der Waals surface area contributed by atoms with Crippen LogP contribution >= 0.6 is 0 Å². The van der Waals surface area contributed by atoms with Crippen LogP contribution in [0.3, 0.4) is 0 Å². The fourth-order valence-corrected chi connectivity index (χ4v) is 7.90. The number of phenols is 1. The maximum atomic E-state index is 17.0. The third kappa shape index (κ3) is 4.28. The molecule has 1 atom stereocenters. The molecule has 10 heteroatoms. The van der Waals surface area contributed by atoms with Gasteiger partial charge in [0.15, 0.2) is 5.82 Å². The minimum absolute atomic E-state index is 0.0143. The maximum absolute atomic E-state index is 17.0. The number of ether oxygens (including phenoxy) is 2. The summed E-state index contributed by atoms with van der Waals surface area (Å²) in [7, 11) is 0. The molecule has 4 aliphatic rings. The Kier molecular flexibility index (Phi) is 6.58. The Labute approximate surface area is 254 Å². The Morgan fingerprint density at radius 2 is 1.91 bits per heavy atom. The molecule has 2 aromatic heterocycles. The molecule has 226 valence electrons. The van der Waals surface area contributed by atoms with E-state index in [4.69, 9.17) is 30.8 Å². The van der Waals surface area contributed by atoms with Crippen LogP contribution in [0.25, 0.3) is 32.9 Å². The number of aromatic hydroxyl groups is 1. The van der Waals surface area contributed by atoms with Gasteiger partial charge in [-0.3, -0.25) is 4.90 Å². The van der Waals surface area contributed by atoms with Crippen molar-refractivity contribution in [2.75, 3.05) is 44.4 Å². The molecule has 0 saturated carbocycles. The number of anilines is 1. The zero-order valence-electron chi connectivity index (χ0n) is 24.4. The monoisotopic (exact) mass is 597 g/mol. The summed E-state index contributed by atoms with van der Waals surface area (Å²) in [5.74, 6) is 1.62. The standard InChI is InChI=1S/C34H33F2N5O3/c1-2-23-25(35)8-6-20-16-22(42)17-24(27(20)23)30-29(36)31-28-26(37-30)9-7-21-18-43-15-5-14-41(21)32(28)39-33(38-31)44-19-34-10-3-12-40(34)13-4-11-34/h1,6,8,16-17,21,42H,3-5,7,9-15,18-19H2/t21-/m1/s1. The number of aromatic nitrogens is 3. The molecule has 3 fully saturated rings. The number of hydrogen-bond donors (Lipinski definition) is 1. The minimum atomic E-state index is -0.692. The summed E-state index contributed by atoms with van der Waals surface area (Å²) < 4.78 is 44.2. The summed E-state index contributed by atoms with van der Waals surface area (Å²) in [4.78, 5) is 19.2. The van der Waals surface area contributed by atoms with Crippen LogP contribution in [0.15, 0.2) is 24.3 Å². The van der Waals surface area contributed by atoms with Gasteiger partial charge in [0.1, 0.15) is 35.2 Å². The number of benzene rings is 2. The third-order valence-corrected chi connectivity index (χ3v) is 9.98.